The normalized spacial score (nSPS) is 26.1. The Morgan fingerprint density at radius 3 is 2.23 bits per heavy atom. The molecule has 0 saturated carbocycles. The highest BCUT2D eigenvalue weighted by Crippen LogP contribution is 2.12. The molecule has 0 aliphatic carbocycles. The van der Waals surface area contributed by atoms with E-state index in [2.05, 4.69) is 0 Å². The number of hydrogen-bond acceptors (Lipinski definition) is 7. The predicted molar refractivity (Wildman–Crippen MR) is 118 cm³/mol. The highest BCUT2D eigenvalue weighted by Gasteiger charge is 2.30. The lowest BCUT2D eigenvalue weighted by atomic mass is 10.0. The zero-order chi connectivity index (χ0) is 23.6. The van der Waals surface area contributed by atoms with E-state index in [1.54, 1.807) is 4.90 Å². The third-order valence-corrected chi connectivity index (χ3v) is 5.38. The van der Waals surface area contributed by atoms with Crippen molar-refractivity contribution in [3.05, 3.63) is 0 Å². The number of aliphatic hydroxyl groups excluding tert-OH is 3. The molecule has 31 heavy (non-hydrogen) atoms. The van der Waals surface area contributed by atoms with Crippen LogP contribution in [0, 0.1) is 11.8 Å². The maximum atomic E-state index is 12.9. The van der Waals surface area contributed by atoms with E-state index in [0.29, 0.717) is 44.9 Å². The maximum absolute atomic E-state index is 12.9. The predicted octanol–water partition coefficient (Wildman–Crippen LogP) is -0.0438. The van der Waals surface area contributed by atoms with E-state index < -0.39 is 24.4 Å². The fourth-order valence-corrected chi connectivity index (χ4v) is 3.61. The van der Waals surface area contributed by atoms with Crippen molar-refractivity contribution >= 4 is 11.8 Å². The number of nitrogens with two attached hydrogens (primary N) is 1. The summed E-state index contributed by atoms with van der Waals surface area (Å²) in [6, 6.07) is -0.600. The molecule has 1 fully saturated rings. The fourth-order valence-electron chi connectivity index (χ4n) is 3.61. The van der Waals surface area contributed by atoms with E-state index in [-0.39, 0.29) is 43.8 Å². The number of carbonyl (C=O) groups is 2. The fraction of sp³-hybridized carbons (Fsp3) is 0.909. The van der Waals surface area contributed by atoms with Crippen LogP contribution in [0.25, 0.3) is 0 Å². The first-order valence-electron chi connectivity index (χ1n) is 11.5. The van der Waals surface area contributed by atoms with E-state index in [1.807, 2.05) is 27.7 Å². The molecule has 1 aliphatic rings. The molecule has 5 N–H and O–H groups in total. The lowest BCUT2D eigenvalue weighted by molar-refractivity contribution is -0.140. The molecule has 1 saturated heterocycles. The van der Waals surface area contributed by atoms with Gasteiger partial charge >= 0.3 is 0 Å². The molecule has 0 aromatic heterocycles. The molecule has 4 atom stereocenters. The summed E-state index contributed by atoms with van der Waals surface area (Å²) in [6.45, 7) is 9.02. The van der Waals surface area contributed by atoms with Gasteiger partial charge in [0.2, 0.25) is 11.8 Å². The Labute approximate surface area is 186 Å². The minimum atomic E-state index is -1.44. The molecule has 1 aliphatic heterocycles. The van der Waals surface area contributed by atoms with Crippen molar-refractivity contribution in [3.8, 4) is 0 Å². The topological polar surface area (TPSA) is 137 Å². The Hall–Kier alpha value is -1.26. The van der Waals surface area contributed by atoms with Crippen molar-refractivity contribution in [2.75, 3.05) is 39.4 Å². The van der Waals surface area contributed by atoms with Crippen molar-refractivity contribution in [1.82, 2.24) is 9.80 Å². The van der Waals surface area contributed by atoms with Gasteiger partial charge in [-0.1, -0.05) is 27.7 Å². The number of ether oxygens (including phenoxy) is 1. The second-order valence-electron chi connectivity index (χ2n) is 9.41. The number of hydrogen-bond donors (Lipinski definition) is 4. The van der Waals surface area contributed by atoms with E-state index in [4.69, 9.17) is 10.5 Å². The minimum Gasteiger partial charge on any atom is -0.388 e. The molecular formula is C22H43N3O6. The van der Waals surface area contributed by atoms with E-state index >= 15 is 0 Å². The smallest absolute Gasteiger partial charge is 0.239 e. The molecule has 0 aromatic rings. The Morgan fingerprint density at radius 1 is 0.968 bits per heavy atom. The third kappa shape index (κ3) is 10.3. The number of nitrogens with zero attached hydrogens (tertiary/aromatic N) is 2. The lowest BCUT2D eigenvalue weighted by Gasteiger charge is -2.33. The number of aliphatic hydroxyl groups is 3. The molecule has 9 nitrogen and oxygen atoms in total. The van der Waals surface area contributed by atoms with Gasteiger partial charge < -0.3 is 35.6 Å². The Kier molecular flexibility index (Phi) is 12.5. The molecule has 182 valence electrons. The van der Waals surface area contributed by atoms with Crippen LogP contribution in [0.3, 0.4) is 0 Å². The zero-order valence-electron chi connectivity index (χ0n) is 19.6. The summed E-state index contributed by atoms with van der Waals surface area (Å²) in [4.78, 5) is 28.8. The monoisotopic (exact) mass is 445 g/mol. The summed E-state index contributed by atoms with van der Waals surface area (Å²) in [5, 5.41) is 30.7. The first-order chi connectivity index (χ1) is 14.5. The van der Waals surface area contributed by atoms with Gasteiger partial charge in [-0.3, -0.25) is 9.59 Å². The van der Waals surface area contributed by atoms with Crippen LogP contribution in [0.1, 0.15) is 53.4 Å². The Balaban J connectivity index is 2.99. The quantitative estimate of drug-likeness (QED) is 0.466. The summed E-state index contributed by atoms with van der Waals surface area (Å²) in [6.07, 6.45) is -1.77. The Morgan fingerprint density at radius 2 is 1.61 bits per heavy atom. The van der Waals surface area contributed by atoms with Gasteiger partial charge in [0.1, 0.15) is 18.3 Å². The largest absolute Gasteiger partial charge is 0.388 e. The first kappa shape index (κ1) is 27.8. The summed E-state index contributed by atoms with van der Waals surface area (Å²) >= 11 is 0. The summed E-state index contributed by atoms with van der Waals surface area (Å²) in [5.74, 6) is 0.102. The van der Waals surface area contributed by atoms with Gasteiger partial charge in [-0.15, -0.1) is 0 Å². The van der Waals surface area contributed by atoms with Crippen LogP contribution < -0.4 is 5.73 Å². The van der Waals surface area contributed by atoms with Crippen LogP contribution in [0.5, 0.6) is 0 Å². The van der Waals surface area contributed by atoms with Crippen LogP contribution >= 0.6 is 0 Å². The maximum Gasteiger partial charge on any atom is 0.239 e. The molecule has 9 heteroatoms. The summed E-state index contributed by atoms with van der Waals surface area (Å²) in [5.41, 5.74) is 6.13. The van der Waals surface area contributed by atoms with Crippen molar-refractivity contribution < 1.29 is 29.6 Å². The van der Waals surface area contributed by atoms with Crippen molar-refractivity contribution in [2.24, 2.45) is 17.6 Å². The van der Waals surface area contributed by atoms with Gasteiger partial charge in [0.25, 0.3) is 0 Å². The van der Waals surface area contributed by atoms with Crippen LogP contribution in [-0.2, 0) is 14.3 Å². The van der Waals surface area contributed by atoms with Crippen molar-refractivity contribution in [3.63, 3.8) is 0 Å². The van der Waals surface area contributed by atoms with Gasteiger partial charge in [0.15, 0.2) is 0 Å². The van der Waals surface area contributed by atoms with E-state index in [9.17, 15) is 24.9 Å². The molecule has 1 rings (SSSR count). The second kappa shape index (κ2) is 14.0. The van der Waals surface area contributed by atoms with Crippen molar-refractivity contribution in [1.29, 1.82) is 0 Å². The van der Waals surface area contributed by atoms with E-state index in [0.717, 1.165) is 0 Å². The van der Waals surface area contributed by atoms with Gasteiger partial charge in [-0.2, -0.15) is 0 Å². The number of β-amino-alcohol motifs (C(OH)–C–C–N with tert-alkyl or cyclic N) is 1. The van der Waals surface area contributed by atoms with Crippen LogP contribution in [0.2, 0.25) is 0 Å². The number of rotatable bonds is 5. The standard InChI is InChI=1S/C22H43N3O6/c1-15(2)11-17(23)22(30)24-7-5-6-10-31-14-19(27)21(29)18(26)13-25(9-8-24)20(28)12-16(3)4/h15-19,21,26-27,29H,5-14,23H2,1-4H3/t17-,18-,19+,21+/m0/s1. The van der Waals surface area contributed by atoms with Crippen LogP contribution in [0.15, 0.2) is 0 Å². The zero-order valence-corrected chi connectivity index (χ0v) is 19.6. The average Bonchev–Trinajstić information content (AvgIpc) is 2.68. The summed E-state index contributed by atoms with van der Waals surface area (Å²) in [7, 11) is 0. The van der Waals surface area contributed by atoms with Crippen LogP contribution in [0.4, 0.5) is 0 Å². The highest BCUT2D eigenvalue weighted by atomic mass is 16.5. The number of carbonyl (C=O) groups excluding carboxylic acids is 2. The van der Waals surface area contributed by atoms with E-state index in [1.165, 1.54) is 4.90 Å². The second-order valence-corrected chi connectivity index (χ2v) is 9.41. The molecular weight excluding hydrogens is 402 g/mol. The van der Waals surface area contributed by atoms with Gasteiger partial charge in [-0.25, -0.2) is 0 Å². The molecule has 1 heterocycles. The summed E-state index contributed by atoms with van der Waals surface area (Å²) < 4.78 is 5.40. The third-order valence-electron chi connectivity index (χ3n) is 5.38. The van der Waals surface area contributed by atoms with Crippen molar-refractivity contribution in [2.45, 2.75) is 77.7 Å². The molecule has 0 aromatic carbocycles. The van der Waals surface area contributed by atoms with Gasteiger partial charge in [0, 0.05) is 39.2 Å². The average molecular weight is 446 g/mol. The number of amides is 2. The molecule has 0 spiro atoms. The SMILES string of the molecule is CC(C)CC(=O)N1CCN(C(=O)[C@@H](N)CC(C)C)CCCCOC[C@@H](O)[C@H](O)[C@@H](O)C1. The molecule has 0 bridgehead atoms. The molecule has 2 amide bonds. The first-order valence-corrected chi connectivity index (χ1v) is 11.5. The lowest BCUT2D eigenvalue weighted by Crippen LogP contribution is -2.51. The molecule has 0 unspecified atom stereocenters. The minimum absolute atomic E-state index is 0.111. The Bertz CT molecular complexity index is 545. The van der Waals surface area contributed by atoms with Crippen LogP contribution in [-0.4, -0.2) is 101 Å². The van der Waals surface area contributed by atoms with Gasteiger partial charge in [0.05, 0.1) is 12.6 Å². The highest BCUT2D eigenvalue weighted by molar-refractivity contribution is 5.81. The van der Waals surface area contributed by atoms with Gasteiger partial charge in [-0.05, 0) is 31.1 Å². The molecule has 0 radical (unpaired) electrons.